The Morgan fingerprint density at radius 1 is 1.24 bits per heavy atom. The van der Waals surface area contributed by atoms with Crippen molar-refractivity contribution in [3.63, 3.8) is 0 Å². The molecule has 29 heavy (non-hydrogen) atoms. The van der Waals surface area contributed by atoms with Crippen LogP contribution >= 0.6 is 11.3 Å². The van der Waals surface area contributed by atoms with Crippen LogP contribution in [-0.4, -0.2) is 28.5 Å². The number of carboxylic acid groups (broad SMARTS) is 1. The van der Waals surface area contributed by atoms with Gasteiger partial charge in [0.05, 0.1) is 16.6 Å². The fraction of sp³-hybridized carbons (Fsp3) is 0.143. The van der Waals surface area contributed by atoms with Gasteiger partial charge in [-0.3, -0.25) is 9.59 Å². The van der Waals surface area contributed by atoms with Gasteiger partial charge in [-0.05, 0) is 48.9 Å². The zero-order valence-corrected chi connectivity index (χ0v) is 16.4. The third-order valence-electron chi connectivity index (χ3n) is 4.05. The molecular formula is C21H18N4O3S. The maximum absolute atomic E-state index is 11.9. The molecule has 8 heteroatoms. The predicted molar refractivity (Wildman–Crippen MR) is 112 cm³/mol. The van der Waals surface area contributed by atoms with E-state index in [2.05, 4.69) is 28.6 Å². The third-order valence-corrected chi connectivity index (χ3v) is 5.12. The van der Waals surface area contributed by atoms with Gasteiger partial charge in [0.2, 0.25) is 0 Å². The molecule has 3 rings (SSSR count). The highest BCUT2D eigenvalue weighted by Gasteiger charge is 2.09. The van der Waals surface area contributed by atoms with Gasteiger partial charge in [0.1, 0.15) is 16.6 Å². The number of anilines is 1. The van der Waals surface area contributed by atoms with Crippen LogP contribution in [-0.2, 0) is 9.59 Å². The summed E-state index contributed by atoms with van der Waals surface area (Å²) in [4.78, 5) is 27.0. The van der Waals surface area contributed by atoms with E-state index in [9.17, 15) is 9.59 Å². The van der Waals surface area contributed by atoms with Gasteiger partial charge < -0.3 is 15.7 Å². The van der Waals surface area contributed by atoms with Gasteiger partial charge in [-0.25, -0.2) is 4.98 Å². The molecular weight excluding hydrogens is 388 g/mol. The molecule has 7 nitrogen and oxygen atoms in total. The molecule has 0 atom stereocenters. The molecule has 0 unspecified atom stereocenters. The molecule has 0 aliphatic rings. The van der Waals surface area contributed by atoms with Crippen LogP contribution in [0.15, 0.2) is 54.2 Å². The van der Waals surface area contributed by atoms with Crippen LogP contribution in [0.2, 0.25) is 0 Å². The Kier molecular flexibility index (Phi) is 6.22. The number of nitrogens with one attached hydrogen (secondary N) is 2. The van der Waals surface area contributed by atoms with Gasteiger partial charge >= 0.3 is 5.97 Å². The van der Waals surface area contributed by atoms with Crippen LogP contribution in [0.25, 0.3) is 20.8 Å². The zero-order valence-electron chi connectivity index (χ0n) is 15.6. The quantitative estimate of drug-likeness (QED) is 0.407. The lowest BCUT2D eigenvalue weighted by Gasteiger charge is -2.05. The Labute approximate surface area is 171 Å². The minimum absolute atomic E-state index is 0.0381. The highest BCUT2D eigenvalue weighted by atomic mass is 32.1. The second-order valence-corrected chi connectivity index (χ2v) is 7.31. The minimum atomic E-state index is -1.02. The van der Waals surface area contributed by atoms with Gasteiger partial charge in [-0.1, -0.05) is 6.07 Å². The molecule has 1 aromatic heterocycles. The van der Waals surface area contributed by atoms with Crippen molar-refractivity contribution in [3.8, 4) is 16.6 Å². The largest absolute Gasteiger partial charge is 0.481 e. The first-order valence-electron chi connectivity index (χ1n) is 8.80. The van der Waals surface area contributed by atoms with E-state index in [1.165, 1.54) is 11.8 Å². The lowest BCUT2D eigenvalue weighted by atomic mass is 10.2. The summed E-state index contributed by atoms with van der Waals surface area (Å²) >= 11 is 1.62. The number of carbonyl (C=O) groups is 2. The summed E-state index contributed by atoms with van der Waals surface area (Å²) in [5, 5.41) is 23.9. The Balaban J connectivity index is 1.67. The van der Waals surface area contributed by atoms with Crippen LogP contribution in [0.4, 0.5) is 5.69 Å². The van der Waals surface area contributed by atoms with Crippen molar-refractivity contribution in [2.75, 3.05) is 11.9 Å². The standard InChI is InChI=1S/C21H18N4O3S/c1-13-2-7-17-18(10-13)29-21(25-17)14-3-5-16(6-4-14)24-12-15(11-22)20(28)23-9-8-19(26)27/h2-7,10,12,24H,8-9H2,1H3,(H,23,28)(H,26,27)/b15-12-. The molecule has 3 N–H and O–H groups in total. The molecule has 3 aromatic rings. The van der Waals surface area contributed by atoms with Crippen LogP contribution in [0.1, 0.15) is 12.0 Å². The number of rotatable bonds is 7. The minimum Gasteiger partial charge on any atom is -0.481 e. The van der Waals surface area contributed by atoms with Crippen LogP contribution < -0.4 is 10.6 Å². The van der Waals surface area contributed by atoms with Crippen LogP contribution in [0, 0.1) is 18.3 Å². The van der Waals surface area contributed by atoms with Crippen molar-refractivity contribution in [1.82, 2.24) is 10.3 Å². The number of hydrogen-bond donors (Lipinski definition) is 3. The molecule has 0 aliphatic heterocycles. The molecule has 0 aliphatic carbocycles. The molecule has 0 radical (unpaired) electrons. The Bertz CT molecular complexity index is 1130. The molecule has 0 bridgehead atoms. The molecule has 1 heterocycles. The number of aryl methyl sites for hydroxylation is 1. The number of amides is 1. The van der Waals surface area contributed by atoms with Crippen molar-refractivity contribution >= 4 is 39.1 Å². The third kappa shape index (κ3) is 5.18. The Morgan fingerprint density at radius 3 is 2.69 bits per heavy atom. The van der Waals surface area contributed by atoms with E-state index in [1.807, 2.05) is 36.4 Å². The summed E-state index contributed by atoms with van der Waals surface area (Å²) in [5.74, 6) is -1.64. The second kappa shape index (κ2) is 8.99. The Hall–Kier alpha value is -3.70. The SMILES string of the molecule is Cc1ccc2nc(-c3ccc(N/C=C(/C#N)C(=O)NCCC(=O)O)cc3)sc2c1. The number of hydrogen-bond acceptors (Lipinski definition) is 6. The van der Waals surface area contributed by atoms with Crippen molar-refractivity contribution < 1.29 is 14.7 Å². The number of benzene rings is 2. The number of aromatic nitrogens is 1. The molecule has 0 saturated heterocycles. The van der Waals surface area contributed by atoms with E-state index >= 15 is 0 Å². The van der Waals surface area contributed by atoms with Gasteiger partial charge in [0.25, 0.3) is 5.91 Å². The second-order valence-electron chi connectivity index (χ2n) is 6.28. The zero-order chi connectivity index (χ0) is 20.8. The maximum atomic E-state index is 11.9. The number of nitrogens with zero attached hydrogens (tertiary/aromatic N) is 2. The van der Waals surface area contributed by atoms with Crippen LogP contribution in [0.5, 0.6) is 0 Å². The number of carbonyl (C=O) groups excluding carboxylic acids is 1. The molecule has 2 aromatic carbocycles. The molecule has 0 fully saturated rings. The van der Waals surface area contributed by atoms with Gasteiger partial charge in [0.15, 0.2) is 0 Å². The fourth-order valence-electron chi connectivity index (χ4n) is 2.55. The number of fused-ring (bicyclic) bond motifs is 1. The molecule has 1 amide bonds. The molecule has 0 spiro atoms. The lowest BCUT2D eigenvalue weighted by Crippen LogP contribution is -2.27. The highest BCUT2D eigenvalue weighted by molar-refractivity contribution is 7.21. The van der Waals surface area contributed by atoms with E-state index in [0.29, 0.717) is 5.69 Å². The number of aliphatic carboxylic acids is 1. The summed E-state index contributed by atoms with van der Waals surface area (Å²) < 4.78 is 1.14. The van der Waals surface area contributed by atoms with E-state index in [4.69, 9.17) is 10.4 Å². The van der Waals surface area contributed by atoms with Crippen LogP contribution in [0.3, 0.4) is 0 Å². The first-order chi connectivity index (χ1) is 14.0. The normalized spacial score (nSPS) is 11.1. The lowest BCUT2D eigenvalue weighted by molar-refractivity contribution is -0.136. The summed E-state index contributed by atoms with van der Waals surface area (Å²) in [6, 6.07) is 15.5. The average Bonchev–Trinajstić information content (AvgIpc) is 3.11. The number of carboxylic acids is 1. The van der Waals surface area contributed by atoms with Gasteiger partial charge in [-0.2, -0.15) is 5.26 Å². The van der Waals surface area contributed by atoms with Crippen molar-refractivity contribution in [3.05, 3.63) is 59.8 Å². The maximum Gasteiger partial charge on any atom is 0.305 e. The average molecular weight is 406 g/mol. The highest BCUT2D eigenvalue weighted by Crippen LogP contribution is 2.31. The van der Waals surface area contributed by atoms with E-state index < -0.39 is 11.9 Å². The number of nitriles is 1. The van der Waals surface area contributed by atoms with E-state index in [1.54, 1.807) is 17.4 Å². The van der Waals surface area contributed by atoms with Gasteiger partial charge in [-0.15, -0.1) is 11.3 Å². The predicted octanol–water partition coefficient (Wildman–Crippen LogP) is 3.68. The molecule has 0 saturated carbocycles. The Morgan fingerprint density at radius 2 is 2.00 bits per heavy atom. The number of thiazole rings is 1. The monoisotopic (exact) mass is 406 g/mol. The molecule has 146 valence electrons. The summed E-state index contributed by atoms with van der Waals surface area (Å²) in [5.41, 5.74) is 3.70. The van der Waals surface area contributed by atoms with Gasteiger partial charge in [0, 0.05) is 24.0 Å². The van der Waals surface area contributed by atoms with Crippen molar-refractivity contribution in [1.29, 1.82) is 5.26 Å². The summed E-state index contributed by atoms with van der Waals surface area (Å²) in [7, 11) is 0. The van der Waals surface area contributed by atoms with E-state index in [0.717, 1.165) is 20.8 Å². The topological polar surface area (TPSA) is 115 Å². The first kappa shape index (κ1) is 20.0. The fourth-order valence-corrected chi connectivity index (χ4v) is 3.62. The van der Waals surface area contributed by atoms with E-state index in [-0.39, 0.29) is 18.5 Å². The van der Waals surface area contributed by atoms with Crippen molar-refractivity contribution in [2.45, 2.75) is 13.3 Å². The summed E-state index contributed by atoms with van der Waals surface area (Å²) in [6.45, 7) is 2.01. The smallest absolute Gasteiger partial charge is 0.305 e. The summed E-state index contributed by atoms with van der Waals surface area (Å²) in [6.07, 6.45) is 1.09. The van der Waals surface area contributed by atoms with Crippen molar-refractivity contribution in [2.24, 2.45) is 0 Å². The first-order valence-corrected chi connectivity index (χ1v) is 9.62.